The number of hydrogen-bond acceptors (Lipinski definition) is 6. The van der Waals surface area contributed by atoms with Gasteiger partial charge in [-0.1, -0.05) is 29.8 Å². The number of carbonyl (C=O) groups is 1. The van der Waals surface area contributed by atoms with Crippen LogP contribution in [0.25, 0.3) is 11.4 Å². The molecule has 0 aliphatic carbocycles. The van der Waals surface area contributed by atoms with Crippen LogP contribution in [0.1, 0.15) is 22.0 Å². The van der Waals surface area contributed by atoms with E-state index in [-0.39, 0.29) is 18.1 Å². The van der Waals surface area contributed by atoms with Crippen LogP contribution in [0.5, 0.6) is 0 Å². The van der Waals surface area contributed by atoms with E-state index in [0.29, 0.717) is 22.0 Å². The quantitative estimate of drug-likeness (QED) is 0.612. The Morgan fingerprint density at radius 3 is 2.65 bits per heavy atom. The maximum absolute atomic E-state index is 11.1. The molecule has 0 bridgehead atoms. The number of aliphatic hydroxyl groups is 1. The SMILES string of the molecule is O=C(O)c1ccnc(-c2ccnc(NC[C@H](O)c3ccccc3Cl)n2)c1. The zero-order valence-corrected chi connectivity index (χ0v) is 14.3. The molecule has 0 amide bonds. The number of pyridine rings is 1. The molecule has 2 heterocycles. The molecule has 0 saturated carbocycles. The van der Waals surface area contributed by atoms with Crippen molar-refractivity contribution in [2.75, 3.05) is 11.9 Å². The van der Waals surface area contributed by atoms with Crippen LogP contribution < -0.4 is 5.32 Å². The van der Waals surface area contributed by atoms with E-state index in [4.69, 9.17) is 16.7 Å². The van der Waals surface area contributed by atoms with Crippen molar-refractivity contribution in [1.29, 1.82) is 0 Å². The van der Waals surface area contributed by atoms with Crippen LogP contribution in [-0.4, -0.2) is 37.7 Å². The van der Waals surface area contributed by atoms with Gasteiger partial charge in [0.05, 0.1) is 23.1 Å². The molecule has 7 nitrogen and oxygen atoms in total. The Morgan fingerprint density at radius 2 is 1.88 bits per heavy atom. The first-order chi connectivity index (χ1) is 12.5. The Hall–Kier alpha value is -3.03. The molecular formula is C18H15ClN4O3. The van der Waals surface area contributed by atoms with Gasteiger partial charge in [0.1, 0.15) is 0 Å². The Kier molecular flexibility index (Phi) is 5.40. The highest BCUT2D eigenvalue weighted by molar-refractivity contribution is 6.31. The normalized spacial score (nSPS) is 11.8. The topological polar surface area (TPSA) is 108 Å². The summed E-state index contributed by atoms with van der Waals surface area (Å²) in [5.41, 5.74) is 1.62. The number of anilines is 1. The summed E-state index contributed by atoms with van der Waals surface area (Å²) in [7, 11) is 0. The van der Waals surface area contributed by atoms with Gasteiger partial charge in [0.15, 0.2) is 0 Å². The lowest BCUT2D eigenvalue weighted by atomic mass is 10.1. The summed E-state index contributed by atoms with van der Waals surface area (Å²) in [6, 6.07) is 11.5. The zero-order chi connectivity index (χ0) is 18.5. The second kappa shape index (κ2) is 7.90. The van der Waals surface area contributed by atoms with Gasteiger partial charge < -0.3 is 15.5 Å². The number of rotatable bonds is 6. The van der Waals surface area contributed by atoms with E-state index < -0.39 is 12.1 Å². The molecule has 0 unspecified atom stereocenters. The number of aliphatic hydroxyl groups excluding tert-OH is 1. The average Bonchev–Trinajstić information content (AvgIpc) is 2.67. The third-order valence-corrected chi connectivity index (χ3v) is 3.99. The van der Waals surface area contributed by atoms with E-state index >= 15 is 0 Å². The highest BCUT2D eigenvalue weighted by Gasteiger charge is 2.12. The van der Waals surface area contributed by atoms with E-state index in [2.05, 4.69) is 20.3 Å². The first kappa shape index (κ1) is 17.8. The minimum Gasteiger partial charge on any atom is -0.478 e. The van der Waals surface area contributed by atoms with Crippen molar-refractivity contribution in [2.24, 2.45) is 0 Å². The molecular weight excluding hydrogens is 356 g/mol. The summed E-state index contributed by atoms with van der Waals surface area (Å²) in [6.45, 7) is 0.162. The van der Waals surface area contributed by atoms with Crippen molar-refractivity contribution in [1.82, 2.24) is 15.0 Å². The number of aromatic carboxylic acids is 1. The number of benzene rings is 1. The van der Waals surface area contributed by atoms with Crippen molar-refractivity contribution in [2.45, 2.75) is 6.10 Å². The number of nitrogens with zero attached hydrogens (tertiary/aromatic N) is 3. The van der Waals surface area contributed by atoms with Gasteiger partial charge in [-0.2, -0.15) is 0 Å². The Morgan fingerprint density at radius 1 is 1.12 bits per heavy atom. The lowest BCUT2D eigenvalue weighted by Gasteiger charge is -2.13. The first-order valence-corrected chi connectivity index (χ1v) is 8.11. The fourth-order valence-corrected chi connectivity index (χ4v) is 2.60. The van der Waals surface area contributed by atoms with Gasteiger partial charge in [-0.05, 0) is 24.3 Å². The van der Waals surface area contributed by atoms with Gasteiger partial charge in [0.2, 0.25) is 5.95 Å². The Labute approximate surface area is 154 Å². The Balaban J connectivity index is 1.75. The fourth-order valence-electron chi connectivity index (χ4n) is 2.33. The maximum atomic E-state index is 11.1. The van der Waals surface area contributed by atoms with Gasteiger partial charge in [-0.3, -0.25) is 4.98 Å². The number of nitrogens with one attached hydrogen (secondary N) is 1. The molecule has 3 aromatic rings. The molecule has 3 N–H and O–H groups in total. The fraction of sp³-hybridized carbons (Fsp3) is 0.111. The molecule has 132 valence electrons. The highest BCUT2D eigenvalue weighted by Crippen LogP contribution is 2.23. The van der Waals surface area contributed by atoms with Crippen LogP contribution in [0.2, 0.25) is 5.02 Å². The molecule has 2 aromatic heterocycles. The second-order valence-electron chi connectivity index (χ2n) is 5.42. The predicted molar refractivity (Wildman–Crippen MR) is 97.1 cm³/mol. The van der Waals surface area contributed by atoms with Gasteiger partial charge in [0.25, 0.3) is 0 Å². The monoisotopic (exact) mass is 370 g/mol. The van der Waals surface area contributed by atoms with Gasteiger partial charge in [-0.15, -0.1) is 0 Å². The molecule has 0 radical (unpaired) electrons. The van der Waals surface area contributed by atoms with Crippen LogP contribution in [0.3, 0.4) is 0 Å². The van der Waals surface area contributed by atoms with Crippen LogP contribution in [0.15, 0.2) is 54.9 Å². The molecule has 8 heteroatoms. The van der Waals surface area contributed by atoms with Crippen LogP contribution in [0.4, 0.5) is 5.95 Å². The molecule has 0 fully saturated rings. The van der Waals surface area contributed by atoms with Gasteiger partial charge in [-0.25, -0.2) is 14.8 Å². The van der Waals surface area contributed by atoms with Gasteiger partial charge >= 0.3 is 5.97 Å². The van der Waals surface area contributed by atoms with Gasteiger partial charge in [0, 0.05) is 29.5 Å². The molecule has 0 spiro atoms. The summed E-state index contributed by atoms with van der Waals surface area (Å²) >= 11 is 6.07. The largest absolute Gasteiger partial charge is 0.478 e. The number of halogens is 1. The van der Waals surface area contributed by atoms with E-state index in [9.17, 15) is 9.90 Å². The molecule has 0 aliphatic heterocycles. The third-order valence-electron chi connectivity index (χ3n) is 3.64. The zero-order valence-electron chi connectivity index (χ0n) is 13.5. The summed E-state index contributed by atoms with van der Waals surface area (Å²) in [4.78, 5) is 23.6. The van der Waals surface area contributed by atoms with Crippen molar-refractivity contribution in [3.05, 3.63) is 71.0 Å². The molecule has 0 aliphatic rings. The van der Waals surface area contributed by atoms with Crippen LogP contribution >= 0.6 is 11.6 Å². The van der Waals surface area contributed by atoms with Crippen molar-refractivity contribution in [3.8, 4) is 11.4 Å². The second-order valence-corrected chi connectivity index (χ2v) is 5.83. The van der Waals surface area contributed by atoms with E-state index in [0.717, 1.165) is 0 Å². The lowest BCUT2D eigenvalue weighted by Crippen LogP contribution is -2.14. The molecule has 3 rings (SSSR count). The van der Waals surface area contributed by atoms with Crippen molar-refractivity contribution >= 4 is 23.5 Å². The summed E-state index contributed by atoms with van der Waals surface area (Å²) in [5.74, 6) is -0.750. The lowest BCUT2D eigenvalue weighted by molar-refractivity contribution is 0.0697. The predicted octanol–water partition coefficient (Wildman–Crippen LogP) is 3.04. The molecule has 1 aromatic carbocycles. The average molecular weight is 371 g/mol. The third kappa shape index (κ3) is 4.14. The number of carboxylic acid groups (broad SMARTS) is 1. The standard InChI is InChI=1S/C18H15ClN4O3/c19-13-4-2-1-3-12(13)16(24)10-22-18-21-8-6-14(23-18)15-9-11(17(25)26)5-7-20-15/h1-9,16,24H,10H2,(H,25,26)(H,21,22,23)/t16-/m0/s1. The van der Waals surface area contributed by atoms with Crippen LogP contribution in [0, 0.1) is 0 Å². The number of aromatic nitrogens is 3. The summed E-state index contributed by atoms with van der Waals surface area (Å²) in [6.07, 6.45) is 2.11. The smallest absolute Gasteiger partial charge is 0.335 e. The molecule has 1 atom stereocenters. The molecule has 0 saturated heterocycles. The number of carboxylic acids is 1. The Bertz CT molecular complexity index is 936. The molecule has 26 heavy (non-hydrogen) atoms. The minimum atomic E-state index is -1.04. The van der Waals surface area contributed by atoms with Crippen LogP contribution in [-0.2, 0) is 0 Å². The van der Waals surface area contributed by atoms with Crippen molar-refractivity contribution in [3.63, 3.8) is 0 Å². The first-order valence-electron chi connectivity index (χ1n) is 7.73. The summed E-state index contributed by atoms with van der Waals surface area (Å²) in [5, 5.41) is 22.8. The maximum Gasteiger partial charge on any atom is 0.335 e. The van der Waals surface area contributed by atoms with E-state index in [1.807, 2.05) is 0 Å². The minimum absolute atomic E-state index is 0.122. The number of hydrogen-bond donors (Lipinski definition) is 3. The van der Waals surface area contributed by atoms with Crippen molar-refractivity contribution < 1.29 is 15.0 Å². The van der Waals surface area contributed by atoms with E-state index in [1.54, 1.807) is 30.3 Å². The summed E-state index contributed by atoms with van der Waals surface area (Å²) < 4.78 is 0. The van der Waals surface area contributed by atoms with E-state index in [1.165, 1.54) is 24.5 Å². The highest BCUT2D eigenvalue weighted by atomic mass is 35.5.